The van der Waals surface area contributed by atoms with E-state index in [9.17, 15) is 0 Å². The molecule has 0 saturated heterocycles. The Hall–Kier alpha value is -1.02. The number of benzene rings is 1. The van der Waals surface area contributed by atoms with Gasteiger partial charge in [0.1, 0.15) is 0 Å². The van der Waals surface area contributed by atoms with Crippen molar-refractivity contribution in [1.82, 2.24) is 5.32 Å². The van der Waals surface area contributed by atoms with Crippen LogP contribution in [0.5, 0.6) is 0 Å². The van der Waals surface area contributed by atoms with Crippen LogP contribution in [0.1, 0.15) is 52.7 Å². The van der Waals surface area contributed by atoms with E-state index in [2.05, 4.69) is 76.9 Å². The highest BCUT2D eigenvalue weighted by Gasteiger charge is 2.13. The lowest BCUT2D eigenvalue weighted by atomic mass is 10.1. The number of hydrogen-bond donors (Lipinski definition) is 1. The molecule has 0 aliphatic rings. The van der Waals surface area contributed by atoms with Gasteiger partial charge in [-0.1, -0.05) is 33.8 Å². The first-order valence-electron chi connectivity index (χ1n) is 8.38. The number of nitrogens with one attached hydrogen (secondary N) is 1. The van der Waals surface area contributed by atoms with Gasteiger partial charge in [0.25, 0.3) is 0 Å². The Bertz CT molecular complexity index is 422. The summed E-state index contributed by atoms with van der Waals surface area (Å²) >= 11 is 0. The van der Waals surface area contributed by atoms with Crippen molar-refractivity contribution >= 4 is 5.69 Å². The molecule has 21 heavy (non-hydrogen) atoms. The fraction of sp³-hybridized carbons (Fsp3) is 0.684. The van der Waals surface area contributed by atoms with Gasteiger partial charge in [-0.05, 0) is 62.4 Å². The summed E-state index contributed by atoms with van der Waals surface area (Å²) in [7, 11) is 0. The van der Waals surface area contributed by atoms with E-state index in [1.165, 1.54) is 16.8 Å². The van der Waals surface area contributed by atoms with Crippen LogP contribution in [0.2, 0.25) is 0 Å². The minimum atomic E-state index is 0.539. The van der Waals surface area contributed by atoms with Gasteiger partial charge < -0.3 is 10.2 Å². The summed E-state index contributed by atoms with van der Waals surface area (Å²) in [4.78, 5) is 2.50. The highest BCUT2D eigenvalue weighted by atomic mass is 15.2. The maximum absolute atomic E-state index is 3.53. The van der Waals surface area contributed by atoms with Crippen LogP contribution < -0.4 is 10.2 Å². The number of nitrogens with zero attached hydrogens (tertiary/aromatic N) is 1. The Morgan fingerprint density at radius 3 is 2.14 bits per heavy atom. The third-order valence-electron chi connectivity index (χ3n) is 3.71. The van der Waals surface area contributed by atoms with Gasteiger partial charge in [0, 0.05) is 24.8 Å². The van der Waals surface area contributed by atoms with Crippen molar-refractivity contribution in [1.29, 1.82) is 0 Å². The topological polar surface area (TPSA) is 15.3 Å². The van der Waals surface area contributed by atoms with Gasteiger partial charge in [-0.25, -0.2) is 0 Å². The summed E-state index contributed by atoms with van der Waals surface area (Å²) in [5, 5.41) is 3.53. The highest BCUT2D eigenvalue weighted by Crippen LogP contribution is 2.22. The molecule has 0 fully saturated rings. The molecule has 2 heteroatoms. The van der Waals surface area contributed by atoms with Crippen LogP contribution in [0.3, 0.4) is 0 Å². The zero-order valence-electron chi connectivity index (χ0n) is 15.0. The Morgan fingerprint density at radius 2 is 1.67 bits per heavy atom. The van der Waals surface area contributed by atoms with Crippen molar-refractivity contribution in [2.45, 2.75) is 61.1 Å². The second-order valence-electron chi connectivity index (χ2n) is 7.28. The highest BCUT2D eigenvalue weighted by molar-refractivity contribution is 5.51. The van der Waals surface area contributed by atoms with E-state index in [0.717, 1.165) is 19.6 Å². The predicted octanol–water partition coefficient (Wildman–Crippen LogP) is 4.61. The SMILES string of the molecule is Cc1cc(N(CC(C)C)C(C)C)ccc1CNCC(C)C. The van der Waals surface area contributed by atoms with Gasteiger partial charge in [-0.2, -0.15) is 0 Å². The molecule has 0 aliphatic heterocycles. The molecular weight excluding hydrogens is 256 g/mol. The van der Waals surface area contributed by atoms with Crippen molar-refractivity contribution in [3.05, 3.63) is 29.3 Å². The lowest BCUT2D eigenvalue weighted by molar-refractivity contribution is 0.551. The van der Waals surface area contributed by atoms with E-state index in [1.807, 2.05) is 0 Å². The average molecular weight is 290 g/mol. The lowest BCUT2D eigenvalue weighted by Gasteiger charge is -2.31. The molecule has 0 saturated carbocycles. The van der Waals surface area contributed by atoms with Crippen LogP contribution in [-0.2, 0) is 6.54 Å². The molecule has 2 nitrogen and oxygen atoms in total. The van der Waals surface area contributed by atoms with Gasteiger partial charge in [-0.15, -0.1) is 0 Å². The van der Waals surface area contributed by atoms with Crippen LogP contribution in [0, 0.1) is 18.8 Å². The van der Waals surface area contributed by atoms with Crippen LogP contribution >= 0.6 is 0 Å². The van der Waals surface area contributed by atoms with Crippen molar-refractivity contribution in [3.63, 3.8) is 0 Å². The van der Waals surface area contributed by atoms with Crippen molar-refractivity contribution in [2.75, 3.05) is 18.0 Å². The van der Waals surface area contributed by atoms with Crippen molar-refractivity contribution in [2.24, 2.45) is 11.8 Å². The summed E-state index contributed by atoms with van der Waals surface area (Å²) in [6.45, 7) is 19.0. The summed E-state index contributed by atoms with van der Waals surface area (Å²) in [6, 6.07) is 7.45. The van der Waals surface area contributed by atoms with Crippen LogP contribution in [0.15, 0.2) is 18.2 Å². The third kappa shape index (κ3) is 6.09. The molecule has 0 bridgehead atoms. The first-order valence-corrected chi connectivity index (χ1v) is 8.38. The second-order valence-corrected chi connectivity index (χ2v) is 7.28. The number of aryl methyl sites for hydroxylation is 1. The standard InChI is InChI=1S/C19H34N2/c1-14(2)11-20-12-18-8-9-19(10-17(18)7)21(16(5)6)13-15(3)4/h8-10,14-16,20H,11-13H2,1-7H3. The third-order valence-corrected chi connectivity index (χ3v) is 3.71. The molecule has 1 rings (SSSR count). The fourth-order valence-corrected chi connectivity index (χ4v) is 2.56. The molecule has 0 unspecified atom stereocenters. The smallest absolute Gasteiger partial charge is 0.0371 e. The number of anilines is 1. The average Bonchev–Trinajstić information content (AvgIpc) is 2.37. The molecule has 0 aliphatic carbocycles. The number of hydrogen-bond acceptors (Lipinski definition) is 2. The van der Waals surface area contributed by atoms with Crippen LogP contribution in [-0.4, -0.2) is 19.1 Å². The van der Waals surface area contributed by atoms with E-state index in [4.69, 9.17) is 0 Å². The zero-order valence-corrected chi connectivity index (χ0v) is 15.0. The first-order chi connectivity index (χ1) is 9.81. The first kappa shape index (κ1) is 18.0. The lowest BCUT2D eigenvalue weighted by Crippen LogP contribution is -2.34. The molecule has 0 aromatic heterocycles. The van der Waals surface area contributed by atoms with Crippen LogP contribution in [0.25, 0.3) is 0 Å². The van der Waals surface area contributed by atoms with Gasteiger partial charge >= 0.3 is 0 Å². The minimum absolute atomic E-state index is 0.539. The molecule has 0 spiro atoms. The van der Waals surface area contributed by atoms with E-state index < -0.39 is 0 Å². The molecule has 120 valence electrons. The molecule has 0 amide bonds. The Labute approximate surface area is 131 Å². The summed E-state index contributed by atoms with van der Waals surface area (Å²) in [5.41, 5.74) is 4.15. The quantitative estimate of drug-likeness (QED) is 0.752. The van der Waals surface area contributed by atoms with E-state index in [0.29, 0.717) is 17.9 Å². The second kappa shape index (κ2) is 8.43. The minimum Gasteiger partial charge on any atom is -0.369 e. The van der Waals surface area contributed by atoms with Crippen molar-refractivity contribution in [3.8, 4) is 0 Å². The summed E-state index contributed by atoms with van der Waals surface area (Å²) < 4.78 is 0. The Balaban J connectivity index is 2.79. The summed E-state index contributed by atoms with van der Waals surface area (Å²) in [5.74, 6) is 1.38. The van der Waals surface area contributed by atoms with Gasteiger partial charge in [0.05, 0.1) is 0 Å². The van der Waals surface area contributed by atoms with Gasteiger partial charge in [-0.3, -0.25) is 0 Å². The van der Waals surface area contributed by atoms with Crippen molar-refractivity contribution < 1.29 is 0 Å². The maximum Gasteiger partial charge on any atom is 0.0371 e. The fourth-order valence-electron chi connectivity index (χ4n) is 2.56. The molecular formula is C19H34N2. The zero-order chi connectivity index (χ0) is 16.0. The summed E-state index contributed by atoms with van der Waals surface area (Å²) in [6.07, 6.45) is 0. The predicted molar refractivity (Wildman–Crippen MR) is 95.0 cm³/mol. The van der Waals surface area contributed by atoms with Gasteiger partial charge in [0.15, 0.2) is 0 Å². The Morgan fingerprint density at radius 1 is 1.00 bits per heavy atom. The van der Waals surface area contributed by atoms with E-state index >= 15 is 0 Å². The largest absolute Gasteiger partial charge is 0.369 e. The molecule has 0 heterocycles. The van der Waals surface area contributed by atoms with E-state index in [-0.39, 0.29) is 0 Å². The monoisotopic (exact) mass is 290 g/mol. The molecule has 1 N–H and O–H groups in total. The molecule has 1 aromatic carbocycles. The molecule has 0 radical (unpaired) electrons. The molecule has 1 aromatic rings. The van der Waals surface area contributed by atoms with Crippen LogP contribution in [0.4, 0.5) is 5.69 Å². The van der Waals surface area contributed by atoms with E-state index in [1.54, 1.807) is 0 Å². The normalized spacial score (nSPS) is 11.7. The Kier molecular flexibility index (Phi) is 7.24. The van der Waals surface area contributed by atoms with Gasteiger partial charge in [0.2, 0.25) is 0 Å². The maximum atomic E-state index is 3.53. The molecule has 0 atom stereocenters. The number of rotatable bonds is 8.